The minimum atomic E-state index is -0.592. The highest BCUT2D eigenvalue weighted by Gasteiger charge is 2.27. The van der Waals surface area contributed by atoms with E-state index in [4.69, 9.17) is 5.73 Å². The Morgan fingerprint density at radius 2 is 1.65 bits per heavy atom. The van der Waals surface area contributed by atoms with Crippen LogP contribution in [0.15, 0.2) is 24.3 Å². The first-order valence-electron chi connectivity index (χ1n) is 6.51. The first-order valence-corrected chi connectivity index (χ1v) is 6.51. The first-order chi connectivity index (χ1) is 9.12. The van der Waals surface area contributed by atoms with E-state index in [1.165, 1.54) is 4.90 Å². The monoisotopic (exact) mass is 277 g/mol. The topological polar surface area (TPSA) is 75.4 Å². The molecule has 0 saturated heterocycles. The molecule has 1 aromatic rings. The van der Waals surface area contributed by atoms with Gasteiger partial charge >= 0.3 is 0 Å². The molecule has 110 valence electrons. The van der Waals surface area contributed by atoms with Crippen LogP contribution in [0.2, 0.25) is 0 Å². The Kier molecular flexibility index (Phi) is 4.89. The molecule has 0 saturated carbocycles. The fourth-order valence-corrected chi connectivity index (χ4v) is 1.57. The van der Waals surface area contributed by atoms with E-state index in [1.807, 2.05) is 20.8 Å². The zero-order chi connectivity index (χ0) is 15.5. The van der Waals surface area contributed by atoms with Crippen molar-refractivity contribution in [1.29, 1.82) is 0 Å². The van der Waals surface area contributed by atoms with Gasteiger partial charge in [0, 0.05) is 25.3 Å². The van der Waals surface area contributed by atoms with Crippen molar-refractivity contribution in [2.45, 2.75) is 26.8 Å². The number of carbonyl (C=O) groups excluding carboxylic acids is 2. The number of rotatable bonds is 3. The summed E-state index contributed by atoms with van der Waals surface area (Å²) in [5.41, 5.74) is 6.79. The Morgan fingerprint density at radius 3 is 2.05 bits per heavy atom. The summed E-state index contributed by atoms with van der Waals surface area (Å²) in [6.45, 7) is 5.74. The van der Waals surface area contributed by atoms with E-state index in [2.05, 4.69) is 5.32 Å². The number of hydrogen-bond acceptors (Lipinski definition) is 3. The molecule has 0 fully saturated rings. The number of amides is 2. The number of carbonyl (C=O) groups is 2. The van der Waals surface area contributed by atoms with Gasteiger partial charge in [0.05, 0.1) is 6.04 Å². The molecular formula is C15H23N3O2. The SMILES string of the molecule is CN(C)C(=O)c1ccc(NC(=O)[C@H](N)C(C)(C)C)cc1. The Bertz CT molecular complexity index is 487. The highest BCUT2D eigenvalue weighted by atomic mass is 16.2. The smallest absolute Gasteiger partial charge is 0.253 e. The fraction of sp³-hybridized carbons (Fsp3) is 0.467. The van der Waals surface area contributed by atoms with Gasteiger partial charge in [0.15, 0.2) is 0 Å². The van der Waals surface area contributed by atoms with Gasteiger partial charge in [-0.1, -0.05) is 20.8 Å². The molecule has 5 heteroatoms. The average molecular weight is 277 g/mol. The van der Waals surface area contributed by atoms with E-state index in [0.717, 1.165) is 0 Å². The van der Waals surface area contributed by atoms with Crippen LogP contribution in [0.4, 0.5) is 5.69 Å². The van der Waals surface area contributed by atoms with Crippen LogP contribution in [0, 0.1) is 5.41 Å². The summed E-state index contributed by atoms with van der Waals surface area (Å²) in [6.07, 6.45) is 0. The molecule has 0 bridgehead atoms. The van der Waals surface area contributed by atoms with Crippen LogP contribution in [0.3, 0.4) is 0 Å². The lowest BCUT2D eigenvalue weighted by Crippen LogP contribution is -2.45. The van der Waals surface area contributed by atoms with Gasteiger partial charge in [-0.2, -0.15) is 0 Å². The standard InChI is InChI=1S/C15H23N3O2/c1-15(2,3)12(16)13(19)17-11-8-6-10(7-9-11)14(20)18(4)5/h6-9,12H,16H2,1-5H3,(H,17,19)/t12-/m0/s1. The molecule has 0 radical (unpaired) electrons. The second-order valence-corrected chi connectivity index (χ2v) is 6.11. The second-order valence-electron chi connectivity index (χ2n) is 6.11. The van der Waals surface area contributed by atoms with E-state index in [0.29, 0.717) is 11.3 Å². The molecule has 0 aliphatic heterocycles. The molecule has 0 heterocycles. The van der Waals surface area contributed by atoms with E-state index in [9.17, 15) is 9.59 Å². The number of hydrogen-bond donors (Lipinski definition) is 2. The molecule has 0 aliphatic rings. The van der Waals surface area contributed by atoms with Gasteiger partial charge in [-0.05, 0) is 29.7 Å². The van der Waals surface area contributed by atoms with Gasteiger partial charge < -0.3 is 16.0 Å². The van der Waals surface area contributed by atoms with Crippen molar-refractivity contribution in [3.05, 3.63) is 29.8 Å². The van der Waals surface area contributed by atoms with Gasteiger partial charge in [0.1, 0.15) is 0 Å². The highest BCUT2D eigenvalue weighted by molar-refractivity contribution is 5.97. The van der Waals surface area contributed by atoms with E-state index in [-0.39, 0.29) is 17.2 Å². The Balaban J connectivity index is 2.76. The lowest BCUT2D eigenvalue weighted by atomic mass is 9.87. The number of nitrogens with two attached hydrogens (primary N) is 1. The maximum atomic E-state index is 12.0. The zero-order valence-electron chi connectivity index (χ0n) is 12.7. The maximum absolute atomic E-state index is 12.0. The Labute approximate surface area is 120 Å². The second kappa shape index (κ2) is 6.05. The molecule has 5 nitrogen and oxygen atoms in total. The number of nitrogens with one attached hydrogen (secondary N) is 1. The summed E-state index contributed by atoms with van der Waals surface area (Å²) in [4.78, 5) is 25.2. The van der Waals surface area contributed by atoms with Crippen molar-refractivity contribution in [2.75, 3.05) is 19.4 Å². The molecule has 0 spiro atoms. The van der Waals surface area contributed by atoms with Crippen molar-refractivity contribution in [1.82, 2.24) is 4.90 Å². The predicted octanol–water partition coefficient (Wildman–Crippen LogP) is 1.70. The van der Waals surface area contributed by atoms with Gasteiger partial charge in [-0.15, -0.1) is 0 Å². The molecule has 1 atom stereocenters. The molecule has 1 rings (SSSR count). The van der Waals surface area contributed by atoms with E-state index < -0.39 is 6.04 Å². The summed E-state index contributed by atoms with van der Waals surface area (Å²) in [7, 11) is 3.39. The van der Waals surface area contributed by atoms with Gasteiger partial charge in [0.25, 0.3) is 5.91 Å². The third-order valence-electron chi connectivity index (χ3n) is 3.02. The summed E-state index contributed by atoms with van der Waals surface area (Å²) in [5.74, 6) is -0.307. The van der Waals surface area contributed by atoms with E-state index in [1.54, 1.807) is 38.4 Å². The van der Waals surface area contributed by atoms with Crippen LogP contribution in [0.1, 0.15) is 31.1 Å². The van der Waals surface area contributed by atoms with Crippen LogP contribution < -0.4 is 11.1 Å². The summed E-state index contributed by atoms with van der Waals surface area (Å²) in [5, 5.41) is 2.75. The van der Waals surface area contributed by atoms with Crippen LogP contribution in [-0.2, 0) is 4.79 Å². The van der Waals surface area contributed by atoms with Crippen molar-refractivity contribution in [3.63, 3.8) is 0 Å². The normalized spacial score (nSPS) is 12.7. The third-order valence-corrected chi connectivity index (χ3v) is 3.02. The average Bonchev–Trinajstić information content (AvgIpc) is 2.36. The third kappa shape index (κ3) is 4.06. The predicted molar refractivity (Wildman–Crippen MR) is 80.5 cm³/mol. The van der Waals surface area contributed by atoms with Crippen LogP contribution in [0.5, 0.6) is 0 Å². The molecule has 1 aromatic carbocycles. The Hall–Kier alpha value is -1.88. The molecule has 3 N–H and O–H groups in total. The zero-order valence-corrected chi connectivity index (χ0v) is 12.7. The van der Waals surface area contributed by atoms with Crippen LogP contribution in [0.25, 0.3) is 0 Å². The molecule has 0 unspecified atom stereocenters. The molecular weight excluding hydrogens is 254 g/mol. The molecule has 0 aromatic heterocycles. The van der Waals surface area contributed by atoms with Crippen molar-refractivity contribution < 1.29 is 9.59 Å². The van der Waals surface area contributed by atoms with E-state index >= 15 is 0 Å². The summed E-state index contributed by atoms with van der Waals surface area (Å²) in [6, 6.07) is 6.17. The summed E-state index contributed by atoms with van der Waals surface area (Å²) >= 11 is 0. The minimum absolute atomic E-state index is 0.0748. The quantitative estimate of drug-likeness (QED) is 0.883. The largest absolute Gasteiger partial charge is 0.345 e. The van der Waals surface area contributed by atoms with Crippen LogP contribution >= 0.6 is 0 Å². The Morgan fingerprint density at radius 1 is 1.15 bits per heavy atom. The number of anilines is 1. The first kappa shape index (κ1) is 16.2. The summed E-state index contributed by atoms with van der Waals surface area (Å²) < 4.78 is 0. The van der Waals surface area contributed by atoms with Gasteiger partial charge in [0.2, 0.25) is 5.91 Å². The van der Waals surface area contributed by atoms with Crippen LogP contribution in [-0.4, -0.2) is 36.9 Å². The van der Waals surface area contributed by atoms with Crippen molar-refractivity contribution in [2.24, 2.45) is 11.1 Å². The number of benzene rings is 1. The number of nitrogens with zero attached hydrogens (tertiary/aromatic N) is 1. The fourth-order valence-electron chi connectivity index (χ4n) is 1.57. The molecule has 20 heavy (non-hydrogen) atoms. The molecule has 2 amide bonds. The molecule has 0 aliphatic carbocycles. The lowest BCUT2D eigenvalue weighted by Gasteiger charge is -2.25. The van der Waals surface area contributed by atoms with Crippen molar-refractivity contribution in [3.8, 4) is 0 Å². The lowest BCUT2D eigenvalue weighted by molar-refractivity contribution is -0.119. The maximum Gasteiger partial charge on any atom is 0.253 e. The van der Waals surface area contributed by atoms with Gasteiger partial charge in [-0.25, -0.2) is 0 Å². The minimum Gasteiger partial charge on any atom is -0.345 e. The van der Waals surface area contributed by atoms with Crippen molar-refractivity contribution >= 4 is 17.5 Å². The highest BCUT2D eigenvalue weighted by Crippen LogP contribution is 2.19. The van der Waals surface area contributed by atoms with Gasteiger partial charge in [-0.3, -0.25) is 9.59 Å².